The number of hydrogen-bond donors (Lipinski definition) is 1. The number of esters is 1. The molecule has 5 heteroatoms. The number of ether oxygens (including phenoxy) is 1. The number of aryl methyl sites for hydroxylation is 1. The minimum atomic E-state index is -1.84. The summed E-state index contributed by atoms with van der Waals surface area (Å²) < 4.78 is 5.65. The van der Waals surface area contributed by atoms with Crippen molar-refractivity contribution in [3.63, 3.8) is 0 Å². The van der Waals surface area contributed by atoms with Gasteiger partial charge >= 0.3 is 5.97 Å². The topological polar surface area (TPSA) is 72.5 Å². The maximum atomic E-state index is 13.7. The van der Waals surface area contributed by atoms with Gasteiger partial charge in [-0.1, -0.05) is 75.4 Å². The summed E-state index contributed by atoms with van der Waals surface area (Å²) in [6, 6.07) is 17.0. The van der Waals surface area contributed by atoms with Crippen LogP contribution < -0.4 is 5.32 Å². The molecule has 2 atom stereocenters. The average Bonchev–Trinajstić information content (AvgIpc) is 2.96. The standard InChI is InChI=1S/C27H33NO4/c1-25(2,3)20-14-12-19(13-15-20)21-22(29)27(32-23(21)30,24(31)28-26(4,5)6)17-16-18-10-8-7-9-11-18/h7-15,21H,16-17H2,1-6H3,(H,28,31). The van der Waals surface area contributed by atoms with Gasteiger partial charge in [-0.25, -0.2) is 0 Å². The van der Waals surface area contributed by atoms with Crippen LogP contribution in [-0.2, 0) is 31.0 Å². The number of amides is 1. The molecule has 0 aliphatic carbocycles. The largest absolute Gasteiger partial charge is 0.440 e. The van der Waals surface area contributed by atoms with Crippen LogP contribution in [-0.4, -0.2) is 28.8 Å². The van der Waals surface area contributed by atoms with Crippen LogP contribution in [0.2, 0.25) is 0 Å². The van der Waals surface area contributed by atoms with E-state index in [9.17, 15) is 14.4 Å². The van der Waals surface area contributed by atoms with E-state index in [0.717, 1.165) is 11.1 Å². The summed E-state index contributed by atoms with van der Waals surface area (Å²) >= 11 is 0. The van der Waals surface area contributed by atoms with Gasteiger partial charge in [-0.05, 0) is 49.3 Å². The molecule has 1 aliphatic heterocycles. The summed E-state index contributed by atoms with van der Waals surface area (Å²) in [5.74, 6) is -2.84. The molecule has 3 rings (SSSR count). The van der Waals surface area contributed by atoms with Crippen molar-refractivity contribution in [1.29, 1.82) is 0 Å². The summed E-state index contributed by atoms with van der Waals surface area (Å²) in [4.78, 5) is 39.9. The molecule has 0 radical (unpaired) electrons. The number of Topliss-reactive ketones (excluding diaryl/α,β-unsaturated/α-hetero) is 1. The Bertz CT molecular complexity index is 997. The lowest BCUT2D eigenvalue weighted by Crippen LogP contribution is -2.56. The Morgan fingerprint density at radius 1 is 0.938 bits per heavy atom. The van der Waals surface area contributed by atoms with Crippen molar-refractivity contribution in [1.82, 2.24) is 5.32 Å². The SMILES string of the molecule is CC(C)(C)NC(=O)C1(CCc2ccccc2)OC(=O)C(c2ccc(C(C)(C)C)cc2)C1=O. The lowest BCUT2D eigenvalue weighted by atomic mass is 9.81. The average molecular weight is 436 g/mol. The third-order valence-corrected chi connectivity index (χ3v) is 5.74. The van der Waals surface area contributed by atoms with E-state index in [0.29, 0.717) is 12.0 Å². The van der Waals surface area contributed by atoms with E-state index in [1.165, 1.54) is 0 Å². The molecular weight excluding hydrogens is 402 g/mol. The number of benzene rings is 2. The molecule has 0 spiro atoms. The van der Waals surface area contributed by atoms with Crippen molar-refractivity contribution in [2.24, 2.45) is 0 Å². The van der Waals surface area contributed by atoms with Gasteiger partial charge in [-0.2, -0.15) is 0 Å². The molecule has 1 saturated heterocycles. The predicted molar refractivity (Wildman–Crippen MR) is 124 cm³/mol. The van der Waals surface area contributed by atoms with E-state index >= 15 is 0 Å². The van der Waals surface area contributed by atoms with Crippen LogP contribution in [0.25, 0.3) is 0 Å². The van der Waals surface area contributed by atoms with Gasteiger partial charge in [0.15, 0.2) is 0 Å². The van der Waals surface area contributed by atoms with Crippen LogP contribution in [0.1, 0.15) is 70.6 Å². The molecule has 2 aromatic rings. The van der Waals surface area contributed by atoms with Gasteiger partial charge in [-0.3, -0.25) is 14.4 Å². The quantitative estimate of drug-likeness (QED) is 0.555. The Hall–Kier alpha value is -2.95. The molecular formula is C27H33NO4. The fourth-order valence-electron chi connectivity index (χ4n) is 3.94. The van der Waals surface area contributed by atoms with Gasteiger partial charge in [0.1, 0.15) is 5.92 Å². The highest BCUT2D eigenvalue weighted by Gasteiger charge is 2.60. The molecule has 0 aromatic heterocycles. The van der Waals surface area contributed by atoms with Crippen molar-refractivity contribution < 1.29 is 19.1 Å². The Morgan fingerprint density at radius 2 is 1.53 bits per heavy atom. The summed E-state index contributed by atoms with van der Waals surface area (Å²) in [6.45, 7) is 11.8. The monoisotopic (exact) mass is 435 g/mol. The first kappa shape index (κ1) is 23.7. The van der Waals surface area contributed by atoms with Crippen LogP contribution in [0, 0.1) is 0 Å². The molecule has 0 saturated carbocycles. The Balaban J connectivity index is 1.95. The number of nitrogens with one attached hydrogen (secondary N) is 1. The van der Waals surface area contributed by atoms with E-state index in [-0.39, 0.29) is 11.8 Å². The zero-order chi connectivity index (χ0) is 23.7. The first-order valence-corrected chi connectivity index (χ1v) is 11.1. The van der Waals surface area contributed by atoms with E-state index in [4.69, 9.17) is 4.74 Å². The maximum absolute atomic E-state index is 13.7. The van der Waals surface area contributed by atoms with Crippen molar-refractivity contribution in [2.45, 2.75) is 76.9 Å². The summed E-state index contributed by atoms with van der Waals surface area (Å²) in [6.07, 6.45) is 0.535. The lowest BCUT2D eigenvalue weighted by molar-refractivity contribution is -0.163. The highest BCUT2D eigenvalue weighted by Crippen LogP contribution is 2.38. The molecule has 1 N–H and O–H groups in total. The van der Waals surface area contributed by atoms with E-state index < -0.39 is 34.7 Å². The third kappa shape index (κ3) is 4.93. The number of ketones is 1. The molecule has 170 valence electrons. The second-order valence-electron chi connectivity index (χ2n) is 10.6. The Morgan fingerprint density at radius 3 is 2.06 bits per heavy atom. The van der Waals surface area contributed by atoms with Crippen molar-refractivity contribution in [3.05, 3.63) is 71.3 Å². The molecule has 1 fully saturated rings. The number of hydrogen-bond acceptors (Lipinski definition) is 4. The highest BCUT2D eigenvalue weighted by atomic mass is 16.6. The zero-order valence-corrected chi connectivity index (χ0v) is 19.8. The van der Waals surface area contributed by atoms with Gasteiger partial charge in [0.05, 0.1) is 0 Å². The first-order valence-electron chi connectivity index (χ1n) is 11.1. The molecule has 2 aromatic carbocycles. The summed E-state index contributed by atoms with van der Waals surface area (Å²) in [7, 11) is 0. The summed E-state index contributed by atoms with van der Waals surface area (Å²) in [5, 5.41) is 2.85. The van der Waals surface area contributed by atoms with Crippen LogP contribution >= 0.6 is 0 Å². The summed E-state index contributed by atoms with van der Waals surface area (Å²) in [5.41, 5.74) is 0.158. The third-order valence-electron chi connectivity index (χ3n) is 5.74. The Kier molecular flexibility index (Phi) is 6.32. The first-order chi connectivity index (χ1) is 14.8. The van der Waals surface area contributed by atoms with Gasteiger partial charge in [0, 0.05) is 12.0 Å². The minimum absolute atomic E-state index is 0.0508. The van der Waals surface area contributed by atoms with E-state index in [1.807, 2.05) is 63.2 Å². The second kappa shape index (κ2) is 8.53. The molecule has 5 nitrogen and oxygen atoms in total. The molecule has 0 bridgehead atoms. The van der Waals surface area contributed by atoms with Gasteiger partial charge in [-0.15, -0.1) is 0 Å². The van der Waals surface area contributed by atoms with E-state index in [2.05, 4.69) is 26.1 Å². The van der Waals surface area contributed by atoms with Crippen LogP contribution in [0.15, 0.2) is 54.6 Å². The Labute approximate surface area is 190 Å². The predicted octanol–water partition coefficient (Wildman–Crippen LogP) is 4.48. The molecule has 1 aliphatic rings. The smallest absolute Gasteiger partial charge is 0.322 e. The highest BCUT2D eigenvalue weighted by molar-refractivity contribution is 6.23. The zero-order valence-electron chi connectivity index (χ0n) is 19.8. The molecule has 1 amide bonds. The number of cyclic esters (lactones) is 1. The maximum Gasteiger partial charge on any atom is 0.322 e. The van der Waals surface area contributed by atoms with Crippen LogP contribution in [0.5, 0.6) is 0 Å². The molecule has 2 unspecified atom stereocenters. The van der Waals surface area contributed by atoms with Crippen LogP contribution in [0.3, 0.4) is 0 Å². The van der Waals surface area contributed by atoms with Crippen molar-refractivity contribution in [3.8, 4) is 0 Å². The van der Waals surface area contributed by atoms with Crippen LogP contribution in [0.4, 0.5) is 0 Å². The second-order valence-corrected chi connectivity index (χ2v) is 10.6. The minimum Gasteiger partial charge on any atom is -0.440 e. The van der Waals surface area contributed by atoms with Gasteiger partial charge < -0.3 is 10.1 Å². The normalized spacial score (nSPS) is 21.4. The van der Waals surface area contributed by atoms with Gasteiger partial charge in [0.2, 0.25) is 11.4 Å². The number of carbonyl (C=O) groups excluding carboxylic acids is 3. The number of carbonyl (C=O) groups is 3. The molecule has 32 heavy (non-hydrogen) atoms. The fourth-order valence-corrected chi connectivity index (χ4v) is 3.94. The number of rotatable bonds is 5. The van der Waals surface area contributed by atoms with Crippen molar-refractivity contribution >= 4 is 17.7 Å². The lowest BCUT2D eigenvalue weighted by Gasteiger charge is -2.30. The van der Waals surface area contributed by atoms with Gasteiger partial charge in [0.25, 0.3) is 5.91 Å². The van der Waals surface area contributed by atoms with Crippen molar-refractivity contribution in [2.75, 3.05) is 0 Å². The van der Waals surface area contributed by atoms with E-state index in [1.54, 1.807) is 12.1 Å². The molecule has 1 heterocycles. The fraction of sp³-hybridized carbons (Fsp3) is 0.444.